The van der Waals surface area contributed by atoms with Gasteiger partial charge >= 0.3 is 5.97 Å². The highest BCUT2D eigenvalue weighted by atomic mass is 35.5. The third kappa shape index (κ3) is 6.18. The molecule has 1 aliphatic heterocycles. The van der Waals surface area contributed by atoms with E-state index in [2.05, 4.69) is 0 Å². The highest BCUT2D eigenvalue weighted by molar-refractivity contribution is 8.26. The first-order chi connectivity index (χ1) is 11.0. The lowest BCUT2D eigenvalue weighted by atomic mass is 10.3. The molecule has 24 heavy (non-hydrogen) atoms. The van der Waals surface area contributed by atoms with Gasteiger partial charge in [0.1, 0.15) is 10.9 Å². The highest BCUT2D eigenvalue weighted by Crippen LogP contribution is 2.33. The molecule has 0 atom stereocenters. The van der Waals surface area contributed by atoms with E-state index in [-0.39, 0.29) is 37.2 Å². The van der Waals surface area contributed by atoms with Crippen molar-refractivity contribution in [3.63, 3.8) is 0 Å². The zero-order valence-electron chi connectivity index (χ0n) is 13.4. The minimum absolute atomic E-state index is 0. The smallest absolute Gasteiger partial charge is 0.307 e. The molecule has 1 aliphatic rings. The van der Waals surface area contributed by atoms with Crippen molar-refractivity contribution in [2.75, 3.05) is 33.8 Å². The van der Waals surface area contributed by atoms with Crippen LogP contribution in [0.25, 0.3) is 6.08 Å². The zero-order valence-corrected chi connectivity index (χ0v) is 16.7. The van der Waals surface area contributed by atoms with Crippen LogP contribution in [-0.4, -0.2) is 59.8 Å². The number of hydrogen-bond donors (Lipinski definition) is 0. The van der Waals surface area contributed by atoms with Crippen LogP contribution < -0.4 is 0 Å². The molecular weight excluding hydrogens is 388 g/mol. The Morgan fingerprint density at radius 2 is 2.21 bits per heavy atom. The molecule has 2 heterocycles. The van der Waals surface area contributed by atoms with E-state index in [4.69, 9.17) is 17.0 Å². The van der Waals surface area contributed by atoms with Crippen LogP contribution in [0.5, 0.6) is 0 Å². The number of carbonyl (C=O) groups is 2. The zero-order chi connectivity index (χ0) is 16.8. The Morgan fingerprint density at radius 1 is 1.46 bits per heavy atom. The van der Waals surface area contributed by atoms with E-state index >= 15 is 0 Å². The maximum absolute atomic E-state index is 12.4. The van der Waals surface area contributed by atoms with Gasteiger partial charge in [-0.05, 0) is 31.6 Å². The summed E-state index contributed by atoms with van der Waals surface area (Å²) >= 11 is 8.07. The number of carbonyl (C=O) groups excluding carboxylic acids is 2. The van der Waals surface area contributed by atoms with Gasteiger partial charge in [0, 0.05) is 18.0 Å². The van der Waals surface area contributed by atoms with E-state index in [1.807, 2.05) is 42.6 Å². The third-order valence-corrected chi connectivity index (χ3v) is 5.23. The number of likely N-dealkylation sites (N-methyl/N-ethyl adjacent to an activating group) is 1. The first-order valence-corrected chi connectivity index (χ1v) is 9.17. The Bertz CT molecular complexity index is 617. The molecule has 5 nitrogen and oxygen atoms in total. The third-order valence-electron chi connectivity index (χ3n) is 3.03. The highest BCUT2D eigenvalue weighted by Gasteiger charge is 2.32. The van der Waals surface area contributed by atoms with Gasteiger partial charge < -0.3 is 9.64 Å². The average Bonchev–Trinajstić information content (AvgIpc) is 3.07. The second-order valence-electron chi connectivity index (χ2n) is 5.12. The molecule has 1 aromatic heterocycles. The van der Waals surface area contributed by atoms with Crippen molar-refractivity contribution in [3.8, 4) is 0 Å². The lowest BCUT2D eigenvalue weighted by Gasteiger charge is -2.14. The van der Waals surface area contributed by atoms with Crippen LogP contribution in [-0.2, 0) is 14.3 Å². The van der Waals surface area contributed by atoms with Crippen LogP contribution in [0.3, 0.4) is 0 Å². The van der Waals surface area contributed by atoms with Gasteiger partial charge in [0.05, 0.1) is 11.3 Å². The molecule has 9 heteroatoms. The number of thiophene rings is 1. The van der Waals surface area contributed by atoms with Crippen molar-refractivity contribution in [3.05, 3.63) is 27.3 Å². The predicted molar refractivity (Wildman–Crippen MR) is 106 cm³/mol. The largest absolute Gasteiger partial charge is 0.464 e. The standard InChI is InChI=1S/C15H18N2O3S3.ClH/c1-16(2)7-8-20-13(18)5-6-17-14(19)12(23-15(17)21)10-11-4-3-9-22-11;/h3-4,9-10H,5-8H2,1-2H3;1H/b12-10-;. The normalized spacial score (nSPS) is 16.0. The molecule has 0 N–H and O–H groups in total. The molecule has 1 fully saturated rings. The van der Waals surface area contributed by atoms with Crippen molar-refractivity contribution >= 4 is 70.0 Å². The van der Waals surface area contributed by atoms with Gasteiger partial charge in [0.25, 0.3) is 5.91 Å². The molecule has 0 aromatic carbocycles. The number of thiocarbonyl (C=S) groups is 1. The first-order valence-electron chi connectivity index (χ1n) is 7.06. The Hall–Kier alpha value is -0.930. The fourth-order valence-electron chi connectivity index (χ4n) is 1.81. The van der Waals surface area contributed by atoms with Crippen LogP contribution in [0.15, 0.2) is 22.4 Å². The van der Waals surface area contributed by atoms with Gasteiger partial charge in [0.15, 0.2) is 0 Å². The number of ether oxygens (including phenoxy) is 1. The molecule has 0 bridgehead atoms. The molecule has 0 saturated carbocycles. The number of halogens is 1. The van der Waals surface area contributed by atoms with Crippen molar-refractivity contribution in [2.45, 2.75) is 6.42 Å². The van der Waals surface area contributed by atoms with Crippen LogP contribution in [0.1, 0.15) is 11.3 Å². The van der Waals surface area contributed by atoms with Crippen molar-refractivity contribution in [1.82, 2.24) is 9.80 Å². The Balaban J connectivity index is 0.00000288. The Morgan fingerprint density at radius 3 is 2.83 bits per heavy atom. The van der Waals surface area contributed by atoms with Crippen molar-refractivity contribution < 1.29 is 14.3 Å². The first kappa shape index (κ1) is 21.1. The maximum atomic E-state index is 12.4. The maximum Gasteiger partial charge on any atom is 0.307 e. The number of rotatable bonds is 7. The number of nitrogens with zero attached hydrogens (tertiary/aromatic N) is 2. The minimum Gasteiger partial charge on any atom is -0.464 e. The summed E-state index contributed by atoms with van der Waals surface area (Å²) in [5, 5.41) is 1.95. The van der Waals surface area contributed by atoms with Gasteiger partial charge in [0.2, 0.25) is 0 Å². The van der Waals surface area contributed by atoms with Crippen molar-refractivity contribution in [1.29, 1.82) is 0 Å². The van der Waals surface area contributed by atoms with Gasteiger partial charge in [-0.1, -0.05) is 30.0 Å². The van der Waals surface area contributed by atoms with Crippen LogP contribution in [0.2, 0.25) is 0 Å². The summed E-state index contributed by atoms with van der Waals surface area (Å²) in [5.74, 6) is -0.461. The van der Waals surface area contributed by atoms with E-state index < -0.39 is 0 Å². The summed E-state index contributed by atoms with van der Waals surface area (Å²) < 4.78 is 5.60. The van der Waals surface area contributed by atoms with Crippen molar-refractivity contribution in [2.24, 2.45) is 0 Å². The van der Waals surface area contributed by atoms with Crippen LogP contribution in [0.4, 0.5) is 0 Å². The summed E-state index contributed by atoms with van der Waals surface area (Å²) in [6, 6.07) is 3.88. The molecule has 1 saturated heterocycles. The van der Waals surface area contributed by atoms with Gasteiger partial charge in [-0.25, -0.2) is 0 Å². The van der Waals surface area contributed by atoms with Crippen LogP contribution >= 0.6 is 47.7 Å². The molecule has 0 radical (unpaired) electrons. The van der Waals surface area contributed by atoms with Gasteiger partial charge in [-0.3, -0.25) is 14.5 Å². The summed E-state index contributed by atoms with van der Waals surface area (Å²) in [7, 11) is 3.82. The summed E-state index contributed by atoms with van der Waals surface area (Å²) in [6.07, 6.45) is 1.98. The second-order valence-corrected chi connectivity index (χ2v) is 7.78. The number of esters is 1. The molecular formula is C15H19ClN2O3S3. The molecule has 0 unspecified atom stereocenters. The summed E-state index contributed by atoms with van der Waals surface area (Å²) in [5.41, 5.74) is 0. The van der Waals surface area contributed by atoms with E-state index in [0.717, 1.165) is 4.88 Å². The SMILES string of the molecule is CN(C)CCOC(=O)CCN1C(=O)/C(=C/c2cccs2)SC1=S.Cl. The van der Waals surface area contributed by atoms with Gasteiger partial charge in [-0.2, -0.15) is 0 Å². The van der Waals surface area contributed by atoms with E-state index in [9.17, 15) is 9.59 Å². The summed E-state index contributed by atoms with van der Waals surface area (Å²) in [4.78, 5) is 29.0. The number of hydrogen-bond acceptors (Lipinski definition) is 7. The summed E-state index contributed by atoms with van der Waals surface area (Å²) in [6.45, 7) is 1.28. The second kappa shape index (κ2) is 10.1. The quantitative estimate of drug-likeness (QED) is 0.394. The predicted octanol–water partition coefficient (Wildman–Crippen LogP) is 2.87. The van der Waals surface area contributed by atoms with Crippen LogP contribution in [0, 0.1) is 0 Å². The average molecular weight is 407 g/mol. The minimum atomic E-state index is -0.317. The molecule has 132 valence electrons. The molecule has 1 aromatic rings. The Labute approximate surface area is 161 Å². The molecule has 2 rings (SSSR count). The molecule has 1 amide bonds. The fourth-order valence-corrected chi connectivity index (χ4v) is 3.84. The fraction of sp³-hybridized carbons (Fsp3) is 0.400. The number of thioether (sulfide) groups is 1. The van der Waals surface area contributed by atoms with E-state index in [0.29, 0.717) is 22.4 Å². The van der Waals surface area contributed by atoms with Gasteiger partial charge in [-0.15, -0.1) is 23.7 Å². The topological polar surface area (TPSA) is 49.9 Å². The lowest BCUT2D eigenvalue weighted by Crippen LogP contribution is -2.31. The lowest BCUT2D eigenvalue weighted by molar-refractivity contribution is -0.144. The monoisotopic (exact) mass is 406 g/mol. The van der Waals surface area contributed by atoms with E-state index in [1.54, 1.807) is 11.3 Å². The molecule has 0 aliphatic carbocycles. The Kier molecular flexibility index (Phi) is 8.93. The molecule has 0 spiro atoms. The number of amides is 1. The van der Waals surface area contributed by atoms with E-state index in [1.165, 1.54) is 16.7 Å².